The molecule has 2 aromatic rings. The number of hydrogen-bond acceptors (Lipinski definition) is 15. The SMILES string of the molecule is CC(=O)O[C@H]1C(=O)[C@@]2(C)C([C@H](OC(=O)c3ccccc3)[C@]3(O)CC(OC(=O)C(O)[C@@H](NC(=O)OCC(Cl)(Cl)Cl)c4ccccc4)C(C)=C1C3(C)C)[C@]1(OC(C)=O)COC1C[C@@H]2O. The number of rotatable bonds is 10. The number of carbonyl (C=O) groups is 6. The number of hydrogen-bond donors (Lipinski definition) is 4. The van der Waals surface area contributed by atoms with Gasteiger partial charge in [-0.15, -0.1) is 0 Å². The summed E-state index contributed by atoms with van der Waals surface area (Å²) < 4.78 is 33.1. The molecule has 6 rings (SSSR count). The third kappa shape index (κ3) is 8.42. The van der Waals surface area contributed by atoms with Gasteiger partial charge in [0.15, 0.2) is 23.6 Å². The van der Waals surface area contributed by atoms with Crippen molar-refractivity contribution in [3.63, 3.8) is 0 Å². The Balaban J connectivity index is 1.52. The first kappa shape index (κ1) is 47.2. The summed E-state index contributed by atoms with van der Waals surface area (Å²) >= 11 is 17.2. The minimum Gasteiger partial charge on any atom is -0.456 e. The summed E-state index contributed by atoms with van der Waals surface area (Å²) in [5.41, 5.74) is -7.68. The lowest BCUT2D eigenvalue weighted by Crippen LogP contribution is -2.82. The number of alkyl carbamates (subject to hydrolysis) is 1. The van der Waals surface area contributed by atoms with Gasteiger partial charge >= 0.3 is 30.0 Å². The molecule has 3 aliphatic carbocycles. The zero-order valence-electron chi connectivity index (χ0n) is 34.6. The van der Waals surface area contributed by atoms with Gasteiger partial charge in [-0.3, -0.25) is 14.4 Å². The molecule has 3 fully saturated rings. The van der Waals surface area contributed by atoms with Gasteiger partial charge in [0, 0.05) is 32.1 Å². The zero-order valence-corrected chi connectivity index (χ0v) is 36.9. The molecular formula is C43H48Cl3NO15. The number of ether oxygens (including phenoxy) is 6. The number of alkyl halides is 3. The van der Waals surface area contributed by atoms with Crippen LogP contribution in [0.25, 0.3) is 0 Å². The molecule has 336 valence electrons. The number of Topliss-reactive ketones (excluding diaryl/α,β-unsaturated/α-hetero) is 1. The van der Waals surface area contributed by atoms with Gasteiger partial charge in [0.05, 0.1) is 35.6 Å². The number of aliphatic hydroxyl groups is 3. The Morgan fingerprint density at radius 1 is 0.935 bits per heavy atom. The van der Waals surface area contributed by atoms with Crippen molar-refractivity contribution < 1.29 is 72.5 Å². The number of ketones is 1. The minimum atomic E-state index is -2.43. The quantitative estimate of drug-likeness (QED) is 0.112. The van der Waals surface area contributed by atoms with Crippen LogP contribution in [-0.2, 0) is 47.6 Å². The van der Waals surface area contributed by atoms with Crippen molar-refractivity contribution in [1.29, 1.82) is 0 Å². The van der Waals surface area contributed by atoms with Gasteiger partial charge in [0.2, 0.25) is 3.79 Å². The fourth-order valence-corrected chi connectivity index (χ4v) is 9.85. The number of esters is 4. The smallest absolute Gasteiger partial charge is 0.407 e. The van der Waals surface area contributed by atoms with Crippen LogP contribution in [-0.4, -0.2) is 116 Å². The Kier molecular flexibility index (Phi) is 13.2. The monoisotopic (exact) mass is 923 g/mol. The number of aliphatic hydroxyl groups excluding tert-OH is 2. The highest BCUT2D eigenvalue weighted by Crippen LogP contribution is 2.64. The number of amides is 1. The summed E-state index contributed by atoms with van der Waals surface area (Å²) in [5, 5.41) is 39.7. The van der Waals surface area contributed by atoms with E-state index in [9.17, 15) is 39.3 Å². The van der Waals surface area contributed by atoms with Crippen molar-refractivity contribution in [1.82, 2.24) is 5.32 Å². The van der Waals surface area contributed by atoms with E-state index >= 15 is 4.79 Å². The first-order valence-corrected chi connectivity index (χ1v) is 20.9. The standard InChI is InChI=1S/C43H48Cl3NO15/c1-21-26(60-37(54)31(51)30(24-13-9-7-10-14-24)47-38(55)58-20-43(44,45)46)18-42(56)35(61-36(53)25-15-11-8-12-16-25)33-40(6,27(50)17-28-41(33,19-57-28)62-23(3)49)34(52)32(59-22(2)48)29(21)39(42,4)5/h7-16,26-28,30-33,35,50-51,56H,17-20H2,1-6H3,(H,47,55)/t26?,27-,28?,30-,31?,32+,33?,35-,40+,41-,42+/m0/s1. The first-order chi connectivity index (χ1) is 28.9. The van der Waals surface area contributed by atoms with E-state index in [1.165, 1.54) is 52.0 Å². The molecule has 62 heavy (non-hydrogen) atoms. The molecule has 4 aliphatic rings. The van der Waals surface area contributed by atoms with Gasteiger partial charge in [0.25, 0.3) is 0 Å². The summed E-state index contributed by atoms with van der Waals surface area (Å²) in [5.74, 6) is -6.50. The second kappa shape index (κ2) is 17.4. The van der Waals surface area contributed by atoms with Gasteiger partial charge in [-0.2, -0.15) is 0 Å². The number of halogens is 3. The molecular weight excluding hydrogens is 877 g/mol. The van der Waals surface area contributed by atoms with Gasteiger partial charge in [0.1, 0.15) is 30.5 Å². The highest BCUT2D eigenvalue weighted by atomic mass is 35.6. The molecule has 11 atom stereocenters. The molecule has 4 unspecified atom stereocenters. The van der Waals surface area contributed by atoms with Crippen molar-refractivity contribution in [2.75, 3.05) is 13.2 Å². The third-order valence-corrected chi connectivity index (χ3v) is 13.1. The minimum absolute atomic E-state index is 0.0433. The normalized spacial score (nSPS) is 32.2. The lowest BCUT2D eigenvalue weighted by molar-refractivity contribution is -0.346. The van der Waals surface area contributed by atoms with Gasteiger partial charge in [-0.25, -0.2) is 14.4 Å². The van der Waals surface area contributed by atoms with Crippen LogP contribution in [0, 0.1) is 16.7 Å². The summed E-state index contributed by atoms with van der Waals surface area (Å²) in [6.07, 6.45) is -12.1. The van der Waals surface area contributed by atoms with Crippen LogP contribution in [0.4, 0.5) is 4.79 Å². The van der Waals surface area contributed by atoms with Crippen LogP contribution in [0.5, 0.6) is 0 Å². The average molecular weight is 925 g/mol. The third-order valence-electron chi connectivity index (χ3n) is 12.8. The number of carbonyl (C=O) groups excluding carboxylic acids is 6. The molecule has 2 aromatic carbocycles. The van der Waals surface area contributed by atoms with Gasteiger partial charge < -0.3 is 49.1 Å². The Morgan fingerprint density at radius 3 is 2.10 bits per heavy atom. The van der Waals surface area contributed by atoms with Crippen LogP contribution >= 0.6 is 34.8 Å². The van der Waals surface area contributed by atoms with E-state index in [0.717, 1.165) is 13.8 Å². The van der Waals surface area contributed by atoms with Crippen molar-refractivity contribution in [2.24, 2.45) is 16.7 Å². The molecule has 0 spiro atoms. The van der Waals surface area contributed by atoms with E-state index < -0.39 is 123 Å². The van der Waals surface area contributed by atoms with E-state index in [0.29, 0.717) is 0 Å². The molecule has 1 saturated heterocycles. The van der Waals surface area contributed by atoms with E-state index in [1.54, 1.807) is 36.4 Å². The molecule has 19 heteroatoms. The van der Waals surface area contributed by atoms with Crippen LogP contribution in [0.3, 0.4) is 0 Å². The number of benzene rings is 2. The Morgan fingerprint density at radius 2 is 1.55 bits per heavy atom. The Bertz CT molecular complexity index is 2130. The second-order valence-corrected chi connectivity index (χ2v) is 19.4. The van der Waals surface area contributed by atoms with Gasteiger partial charge in [-0.05, 0) is 42.7 Å². The molecule has 1 heterocycles. The second-order valence-electron chi connectivity index (χ2n) is 16.9. The van der Waals surface area contributed by atoms with Crippen molar-refractivity contribution in [2.45, 2.75) is 112 Å². The summed E-state index contributed by atoms with van der Waals surface area (Å²) in [6, 6.07) is 14.0. The molecule has 1 aliphatic heterocycles. The molecule has 1 amide bonds. The van der Waals surface area contributed by atoms with Gasteiger partial charge in [-0.1, -0.05) is 97.2 Å². The van der Waals surface area contributed by atoms with Crippen molar-refractivity contribution in [3.8, 4) is 0 Å². The van der Waals surface area contributed by atoms with E-state index in [2.05, 4.69) is 5.32 Å². The van der Waals surface area contributed by atoms with E-state index in [4.69, 9.17) is 63.2 Å². The van der Waals surface area contributed by atoms with Crippen LogP contribution in [0.15, 0.2) is 71.8 Å². The lowest BCUT2D eigenvalue weighted by atomic mass is 9.44. The summed E-state index contributed by atoms with van der Waals surface area (Å²) in [7, 11) is 0. The zero-order chi connectivity index (χ0) is 45.7. The number of fused-ring (bicyclic) bond motifs is 5. The summed E-state index contributed by atoms with van der Waals surface area (Å²) in [4.78, 5) is 82.6. The van der Waals surface area contributed by atoms with E-state index in [-0.39, 0.29) is 35.3 Å². The highest BCUT2D eigenvalue weighted by Gasteiger charge is 2.78. The molecule has 16 nitrogen and oxygen atoms in total. The topological polar surface area (TPSA) is 231 Å². The molecule has 2 bridgehead atoms. The van der Waals surface area contributed by atoms with E-state index in [1.807, 2.05) is 0 Å². The largest absolute Gasteiger partial charge is 0.456 e. The Labute approximate surface area is 372 Å². The fourth-order valence-electron chi connectivity index (χ4n) is 9.68. The molecule has 4 N–H and O–H groups in total. The van der Waals surface area contributed by atoms with Crippen LogP contribution in [0.2, 0.25) is 0 Å². The maximum Gasteiger partial charge on any atom is 0.407 e. The lowest BCUT2D eigenvalue weighted by Gasteiger charge is -2.67. The highest BCUT2D eigenvalue weighted by molar-refractivity contribution is 6.67. The fraction of sp³-hybridized carbons (Fsp3) is 0.535. The average Bonchev–Trinajstić information content (AvgIpc) is 3.20. The Hall–Kier alpha value is -4.29. The van der Waals surface area contributed by atoms with Crippen LogP contribution < -0.4 is 5.32 Å². The molecule has 2 saturated carbocycles. The van der Waals surface area contributed by atoms with Crippen LogP contribution in [0.1, 0.15) is 76.3 Å². The van der Waals surface area contributed by atoms with Crippen molar-refractivity contribution in [3.05, 3.63) is 82.9 Å². The summed E-state index contributed by atoms with van der Waals surface area (Å²) in [6.45, 7) is 7.08. The maximum atomic E-state index is 15.4. The molecule has 0 aromatic heterocycles. The maximum absolute atomic E-state index is 15.4. The first-order valence-electron chi connectivity index (χ1n) is 19.7. The molecule has 0 radical (unpaired) electrons. The predicted molar refractivity (Wildman–Crippen MR) is 219 cm³/mol. The van der Waals surface area contributed by atoms with Crippen molar-refractivity contribution >= 4 is 70.6 Å². The number of nitrogens with one attached hydrogen (secondary N) is 1. The predicted octanol–water partition coefficient (Wildman–Crippen LogP) is 4.40.